The minimum atomic E-state index is 0.839. The first-order valence-corrected chi connectivity index (χ1v) is 4.80. The monoisotopic (exact) mass is 196 g/mol. The molecule has 0 saturated heterocycles. The number of hydrogen-bond donors (Lipinski definition) is 0. The number of anilines is 1. The fourth-order valence-electron chi connectivity index (χ4n) is 1.73. The van der Waals surface area contributed by atoms with E-state index in [9.17, 15) is 0 Å². The number of rotatable bonds is 0. The first-order chi connectivity index (χ1) is 6.20. The predicted molar refractivity (Wildman–Crippen MR) is 56.2 cm³/mol. The van der Waals surface area contributed by atoms with Crippen molar-refractivity contribution < 1.29 is 0 Å². The molecule has 0 unspecified atom stereocenters. The number of hydrogen-bond acceptors (Lipinski definition) is 2. The molecule has 0 atom stereocenters. The molecule has 2 rings (SSSR count). The lowest BCUT2D eigenvalue weighted by molar-refractivity contribution is 0.314. The third-order valence-corrected chi connectivity index (χ3v) is 2.92. The Labute approximate surface area is 83.7 Å². The van der Waals surface area contributed by atoms with Gasteiger partial charge in [0.05, 0.1) is 10.7 Å². The lowest BCUT2D eigenvalue weighted by Gasteiger charge is -2.36. The molecule has 2 nitrogen and oxygen atoms in total. The van der Waals surface area contributed by atoms with Crippen LogP contribution in [0.4, 0.5) is 5.69 Å². The van der Waals surface area contributed by atoms with Crippen molar-refractivity contribution >= 4 is 17.3 Å². The van der Waals surface area contributed by atoms with Crippen molar-refractivity contribution in [3.05, 3.63) is 28.8 Å². The van der Waals surface area contributed by atoms with E-state index in [4.69, 9.17) is 11.6 Å². The molecule has 0 aromatic heterocycles. The van der Waals surface area contributed by atoms with Gasteiger partial charge in [0.15, 0.2) is 0 Å². The van der Waals surface area contributed by atoms with E-state index in [1.54, 1.807) is 0 Å². The van der Waals surface area contributed by atoms with Crippen molar-refractivity contribution in [2.75, 3.05) is 25.6 Å². The molecule has 70 valence electrons. The summed E-state index contributed by atoms with van der Waals surface area (Å²) in [5.41, 5.74) is 2.49. The maximum atomic E-state index is 6.13. The predicted octanol–water partition coefficient (Wildman–Crippen LogP) is 2.18. The zero-order valence-electron chi connectivity index (χ0n) is 7.92. The molecule has 0 N–H and O–H groups in total. The third-order valence-electron chi connectivity index (χ3n) is 2.61. The van der Waals surface area contributed by atoms with Gasteiger partial charge >= 0.3 is 0 Å². The highest BCUT2D eigenvalue weighted by atomic mass is 35.5. The average Bonchev–Trinajstić information content (AvgIpc) is 2.12. The fourth-order valence-corrected chi connectivity index (χ4v) is 2.04. The summed E-state index contributed by atoms with van der Waals surface area (Å²) in [5, 5.41) is 5.13. The summed E-state index contributed by atoms with van der Waals surface area (Å²) in [6, 6.07) is 6.10. The first-order valence-electron chi connectivity index (χ1n) is 4.42. The van der Waals surface area contributed by atoms with Crippen molar-refractivity contribution in [2.24, 2.45) is 0 Å². The average molecular weight is 197 g/mol. The van der Waals surface area contributed by atoms with Crippen LogP contribution in [-0.4, -0.2) is 25.6 Å². The summed E-state index contributed by atoms with van der Waals surface area (Å²) in [5.74, 6) is 0. The Kier molecular flexibility index (Phi) is 2.18. The number of benzene rings is 1. The second kappa shape index (κ2) is 3.20. The molecule has 13 heavy (non-hydrogen) atoms. The molecule has 0 radical (unpaired) electrons. The SMILES string of the molecule is CN1CCc2cccc(Cl)c2N1C. The molecule has 0 amide bonds. The van der Waals surface area contributed by atoms with Gasteiger partial charge in [-0.2, -0.15) is 0 Å². The van der Waals surface area contributed by atoms with Crippen molar-refractivity contribution in [3.8, 4) is 0 Å². The van der Waals surface area contributed by atoms with Gasteiger partial charge in [0.1, 0.15) is 0 Å². The standard InChI is InChI=1S/C10H13ClN2/c1-12-7-6-8-4-3-5-9(11)10(8)13(12)2/h3-5H,6-7H2,1-2H3. The molecule has 1 heterocycles. The molecule has 1 aromatic carbocycles. The van der Waals surface area contributed by atoms with E-state index < -0.39 is 0 Å². The van der Waals surface area contributed by atoms with E-state index >= 15 is 0 Å². The number of likely N-dealkylation sites (N-methyl/N-ethyl adjacent to an activating group) is 1. The topological polar surface area (TPSA) is 6.48 Å². The summed E-state index contributed by atoms with van der Waals surface area (Å²) >= 11 is 6.13. The molecule has 0 aliphatic carbocycles. The Morgan fingerprint density at radius 3 is 2.85 bits per heavy atom. The molecule has 0 fully saturated rings. The number of halogens is 1. The Morgan fingerprint density at radius 1 is 1.31 bits per heavy atom. The van der Waals surface area contributed by atoms with Crippen LogP contribution in [-0.2, 0) is 6.42 Å². The van der Waals surface area contributed by atoms with Gasteiger partial charge in [-0.15, -0.1) is 0 Å². The minimum Gasteiger partial charge on any atom is -0.307 e. The lowest BCUT2D eigenvalue weighted by atomic mass is 10.1. The Bertz CT molecular complexity index is 325. The second-order valence-corrected chi connectivity index (χ2v) is 3.81. The first kappa shape index (κ1) is 8.85. The highest BCUT2D eigenvalue weighted by Crippen LogP contribution is 2.32. The molecule has 0 saturated carbocycles. The molecular weight excluding hydrogens is 184 g/mol. The van der Waals surface area contributed by atoms with E-state index in [1.165, 1.54) is 5.56 Å². The number of fused-ring (bicyclic) bond motifs is 1. The van der Waals surface area contributed by atoms with Crippen LogP contribution in [0.3, 0.4) is 0 Å². The second-order valence-electron chi connectivity index (χ2n) is 3.40. The zero-order chi connectivity index (χ0) is 9.42. The Morgan fingerprint density at radius 2 is 2.08 bits per heavy atom. The van der Waals surface area contributed by atoms with Gasteiger partial charge in [0, 0.05) is 20.6 Å². The van der Waals surface area contributed by atoms with Crippen molar-refractivity contribution in [3.63, 3.8) is 0 Å². The maximum absolute atomic E-state index is 6.13. The summed E-state index contributed by atoms with van der Waals surface area (Å²) < 4.78 is 0. The number of nitrogens with zero attached hydrogens (tertiary/aromatic N) is 2. The van der Waals surface area contributed by atoms with Crippen LogP contribution in [0.2, 0.25) is 5.02 Å². The van der Waals surface area contributed by atoms with Crippen LogP contribution in [0.15, 0.2) is 18.2 Å². The zero-order valence-corrected chi connectivity index (χ0v) is 8.67. The normalized spacial score (nSPS) is 17.3. The van der Waals surface area contributed by atoms with Gasteiger partial charge in [-0.25, -0.2) is 5.01 Å². The maximum Gasteiger partial charge on any atom is 0.0737 e. The third kappa shape index (κ3) is 1.40. The van der Waals surface area contributed by atoms with Crippen molar-refractivity contribution in [1.82, 2.24) is 5.01 Å². The van der Waals surface area contributed by atoms with Crippen molar-refractivity contribution in [2.45, 2.75) is 6.42 Å². The molecule has 3 heteroatoms. The van der Waals surface area contributed by atoms with E-state index in [0.29, 0.717) is 0 Å². The van der Waals surface area contributed by atoms with Crippen LogP contribution >= 0.6 is 11.6 Å². The van der Waals surface area contributed by atoms with Crippen LogP contribution < -0.4 is 5.01 Å². The highest BCUT2D eigenvalue weighted by molar-refractivity contribution is 6.33. The van der Waals surface area contributed by atoms with E-state index in [0.717, 1.165) is 23.7 Å². The minimum absolute atomic E-state index is 0.839. The quantitative estimate of drug-likeness (QED) is 0.628. The van der Waals surface area contributed by atoms with Crippen LogP contribution in [0.25, 0.3) is 0 Å². The smallest absolute Gasteiger partial charge is 0.0737 e. The lowest BCUT2D eigenvalue weighted by Crippen LogP contribution is -2.42. The molecular formula is C10H13ClN2. The van der Waals surface area contributed by atoms with Gasteiger partial charge < -0.3 is 5.01 Å². The summed E-state index contributed by atoms with van der Waals surface area (Å²) in [6.07, 6.45) is 1.08. The summed E-state index contributed by atoms with van der Waals surface area (Å²) in [7, 11) is 4.12. The fraction of sp³-hybridized carbons (Fsp3) is 0.400. The van der Waals surface area contributed by atoms with Gasteiger partial charge in [-0.3, -0.25) is 0 Å². The molecule has 1 aliphatic rings. The van der Waals surface area contributed by atoms with E-state index in [-0.39, 0.29) is 0 Å². The molecule has 1 aliphatic heterocycles. The van der Waals surface area contributed by atoms with Gasteiger partial charge in [-0.1, -0.05) is 23.7 Å². The van der Waals surface area contributed by atoms with Crippen LogP contribution in [0.5, 0.6) is 0 Å². The Balaban J connectivity index is 2.51. The van der Waals surface area contributed by atoms with Crippen LogP contribution in [0.1, 0.15) is 5.56 Å². The summed E-state index contributed by atoms with van der Waals surface area (Å²) in [4.78, 5) is 0. The van der Waals surface area contributed by atoms with E-state index in [2.05, 4.69) is 23.1 Å². The van der Waals surface area contributed by atoms with E-state index in [1.807, 2.05) is 19.2 Å². The van der Waals surface area contributed by atoms with Gasteiger partial charge in [0.2, 0.25) is 0 Å². The molecule has 0 spiro atoms. The molecule has 0 bridgehead atoms. The van der Waals surface area contributed by atoms with Gasteiger partial charge in [0.25, 0.3) is 0 Å². The van der Waals surface area contributed by atoms with Crippen molar-refractivity contribution in [1.29, 1.82) is 0 Å². The summed E-state index contributed by atoms with van der Waals surface area (Å²) in [6.45, 7) is 1.06. The largest absolute Gasteiger partial charge is 0.307 e. The van der Waals surface area contributed by atoms with Gasteiger partial charge in [-0.05, 0) is 18.1 Å². The van der Waals surface area contributed by atoms with Crippen LogP contribution in [0, 0.1) is 0 Å². The molecule has 1 aromatic rings. The number of para-hydroxylation sites is 1. The Hall–Kier alpha value is -0.730. The number of hydrazine groups is 1. The highest BCUT2D eigenvalue weighted by Gasteiger charge is 2.19.